The Morgan fingerprint density at radius 2 is 2.00 bits per heavy atom. The largest absolute Gasteiger partial charge is 0.377 e. The number of ether oxygens (including phenoxy) is 1. The van der Waals surface area contributed by atoms with E-state index in [0.717, 1.165) is 6.42 Å². The first-order valence-electron chi connectivity index (χ1n) is 4.94. The van der Waals surface area contributed by atoms with Gasteiger partial charge < -0.3 is 10.5 Å². The van der Waals surface area contributed by atoms with Crippen LogP contribution in [0.25, 0.3) is 0 Å². The van der Waals surface area contributed by atoms with E-state index < -0.39 is 0 Å². The number of nitrogens with zero attached hydrogens (tertiary/aromatic N) is 1. The molecule has 14 heavy (non-hydrogen) atoms. The highest BCUT2D eigenvalue weighted by atomic mass is 16.5. The Balaban J connectivity index is 2.30. The Labute approximate surface area is 85.3 Å². The highest BCUT2D eigenvalue weighted by molar-refractivity contribution is 5.11. The highest BCUT2D eigenvalue weighted by Crippen LogP contribution is 2.01. The van der Waals surface area contributed by atoms with E-state index in [1.807, 2.05) is 26.0 Å². The Hall–Kier alpha value is -0.930. The second-order valence-corrected chi connectivity index (χ2v) is 3.70. The van der Waals surface area contributed by atoms with Crippen molar-refractivity contribution in [2.45, 2.75) is 32.4 Å². The molecule has 0 fully saturated rings. The normalized spacial score (nSPS) is 13.1. The minimum atomic E-state index is 0.0693. The molecule has 0 amide bonds. The summed E-state index contributed by atoms with van der Waals surface area (Å²) in [6, 6.07) is 4.03. The number of rotatable bonds is 5. The predicted molar refractivity (Wildman–Crippen MR) is 57.0 cm³/mol. The molecule has 0 spiro atoms. The average molecular weight is 194 g/mol. The van der Waals surface area contributed by atoms with Crippen LogP contribution in [0, 0.1) is 0 Å². The molecular formula is C11H18N2O. The molecule has 0 bridgehead atoms. The van der Waals surface area contributed by atoms with Gasteiger partial charge in [0.25, 0.3) is 0 Å². The molecule has 0 aromatic carbocycles. The first-order chi connectivity index (χ1) is 6.68. The third-order valence-electron chi connectivity index (χ3n) is 1.89. The van der Waals surface area contributed by atoms with Crippen molar-refractivity contribution in [3.63, 3.8) is 0 Å². The molecule has 0 saturated heterocycles. The molecule has 3 heteroatoms. The van der Waals surface area contributed by atoms with Crippen LogP contribution < -0.4 is 5.73 Å². The maximum Gasteiger partial charge on any atom is 0.0624 e. The van der Waals surface area contributed by atoms with Crippen LogP contribution in [0.2, 0.25) is 0 Å². The van der Waals surface area contributed by atoms with Crippen LogP contribution in [0.1, 0.15) is 19.4 Å². The van der Waals surface area contributed by atoms with E-state index in [2.05, 4.69) is 4.98 Å². The Kier molecular flexibility index (Phi) is 4.56. The van der Waals surface area contributed by atoms with Crippen LogP contribution in [0.3, 0.4) is 0 Å². The van der Waals surface area contributed by atoms with Crippen LogP contribution in [0.4, 0.5) is 0 Å². The number of aromatic nitrogens is 1. The van der Waals surface area contributed by atoms with Gasteiger partial charge in [0.05, 0.1) is 12.7 Å². The molecule has 2 N–H and O–H groups in total. The highest BCUT2D eigenvalue weighted by Gasteiger charge is 2.04. The van der Waals surface area contributed by atoms with E-state index in [9.17, 15) is 0 Å². The molecule has 3 nitrogen and oxygen atoms in total. The SMILES string of the molecule is CC(C)OCC(N)Cc1ccncc1. The molecule has 1 atom stereocenters. The van der Waals surface area contributed by atoms with Crippen molar-refractivity contribution in [1.82, 2.24) is 4.98 Å². The molecular weight excluding hydrogens is 176 g/mol. The lowest BCUT2D eigenvalue weighted by molar-refractivity contribution is 0.0684. The van der Waals surface area contributed by atoms with Gasteiger partial charge in [-0.2, -0.15) is 0 Å². The summed E-state index contributed by atoms with van der Waals surface area (Å²) in [5.41, 5.74) is 7.12. The van der Waals surface area contributed by atoms with Gasteiger partial charge in [0.2, 0.25) is 0 Å². The van der Waals surface area contributed by atoms with Gasteiger partial charge in [-0.15, -0.1) is 0 Å². The molecule has 1 aromatic heterocycles. The van der Waals surface area contributed by atoms with Crippen LogP contribution in [-0.4, -0.2) is 23.7 Å². The number of hydrogen-bond acceptors (Lipinski definition) is 3. The van der Waals surface area contributed by atoms with Crippen LogP contribution in [0.15, 0.2) is 24.5 Å². The zero-order chi connectivity index (χ0) is 10.4. The smallest absolute Gasteiger partial charge is 0.0624 e. The van der Waals surface area contributed by atoms with Gasteiger partial charge in [0, 0.05) is 18.4 Å². The van der Waals surface area contributed by atoms with Crippen molar-refractivity contribution in [2.24, 2.45) is 5.73 Å². The summed E-state index contributed by atoms with van der Waals surface area (Å²) < 4.78 is 5.44. The van der Waals surface area contributed by atoms with Crippen LogP contribution >= 0.6 is 0 Å². The third-order valence-corrected chi connectivity index (χ3v) is 1.89. The van der Waals surface area contributed by atoms with Crippen molar-refractivity contribution in [1.29, 1.82) is 0 Å². The van der Waals surface area contributed by atoms with Crippen LogP contribution in [-0.2, 0) is 11.2 Å². The maximum atomic E-state index is 5.91. The van der Waals surface area contributed by atoms with Crippen molar-refractivity contribution < 1.29 is 4.74 Å². The minimum absolute atomic E-state index is 0.0693. The van der Waals surface area contributed by atoms with Crippen LogP contribution in [0.5, 0.6) is 0 Å². The van der Waals surface area contributed by atoms with Gasteiger partial charge in [-0.05, 0) is 38.0 Å². The topological polar surface area (TPSA) is 48.1 Å². The predicted octanol–water partition coefficient (Wildman–Crippen LogP) is 1.38. The van der Waals surface area contributed by atoms with E-state index in [0.29, 0.717) is 6.61 Å². The molecule has 0 aliphatic carbocycles. The fourth-order valence-electron chi connectivity index (χ4n) is 1.20. The number of nitrogens with two attached hydrogens (primary N) is 1. The second-order valence-electron chi connectivity index (χ2n) is 3.70. The number of pyridine rings is 1. The Morgan fingerprint density at radius 3 is 2.57 bits per heavy atom. The fraction of sp³-hybridized carbons (Fsp3) is 0.545. The first-order valence-corrected chi connectivity index (χ1v) is 4.94. The van der Waals surface area contributed by atoms with Crippen molar-refractivity contribution in [3.05, 3.63) is 30.1 Å². The zero-order valence-electron chi connectivity index (χ0n) is 8.81. The zero-order valence-corrected chi connectivity index (χ0v) is 8.81. The summed E-state index contributed by atoms with van der Waals surface area (Å²) in [6.45, 7) is 4.64. The number of hydrogen-bond donors (Lipinski definition) is 1. The molecule has 0 saturated carbocycles. The molecule has 0 aliphatic heterocycles. The van der Waals surface area contributed by atoms with Crippen molar-refractivity contribution in [3.8, 4) is 0 Å². The summed E-state index contributed by atoms with van der Waals surface area (Å²) >= 11 is 0. The lowest BCUT2D eigenvalue weighted by Crippen LogP contribution is -2.30. The monoisotopic (exact) mass is 194 g/mol. The molecule has 1 unspecified atom stereocenters. The fourth-order valence-corrected chi connectivity index (χ4v) is 1.20. The third kappa shape index (κ3) is 4.35. The first kappa shape index (κ1) is 11.1. The quantitative estimate of drug-likeness (QED) is 0.770. The van der Waals surface area contributed by atoms with E-state index in [4.69, 9.17) is 10.5 Å². The second kappa shape index (κ2) is 5.73. The minimum Gasteiger partial charge on any atom is -0.377 e. The van der Waals surface area contributed by atoms with E-state index in [1.165, 1.54) is 5.56 Å². The summed E-state index contributed by atoms with van der Waals surface area (Å²) in [5.74, 6) is 0. The van der Waals surface area contributed by atoms with E-state index in [1.54, 1.807) is 12.4 Å². The maximum absolute atomic E-state index is 5.91. The molecule has 1 rings (SSSR count). The van der Waals surface area contributed by atoms with Gasteiger partial charge in [0.1, 0.15) is 0 Å². The summed E-state index contributed by atoms with van der Waals surface area (Å²) in [6.07, 6.45) is 4.66. The van der Waals surface area contributed by atoms with E-state index >= 15 is 0 Å². The molecule has 0 aliphatic rings. The van der Waals surface area contributed by atoms with Gasteiger partial charge >= 0.3 is 0 Å². The summed E-state index contributed by atoms with van der Waals surface area (Å²) in [7, 11) is 0. The van der Waals surface area contributed by atoms with Gasteiger partial charge in [-0.3, -0.25) is 4.98 Å². The van der Waals surface area contributed by atoms with Crippen molar-refractivity contribution in [2.75, 3.05) is 6.61 Å². The molecule has 0 radical (unpaired) electrons. The summed E-state index contributed by atoms with van der Waals surface area (Å²) in [4.78, 5) is 3.95. The van der Waals surface area contributed by atoms with E-state index in [-0.39, 0.29) is 12.1 Å². The van der Waals surface area contributed by atoms with Gasteiger partial charge in [-0.25, -0.2) is 0 Å². The van der Waals surface area contributed by atoms with Crippen molar-refractivity contribution >= 4 is 0 Å². The molecule has 78 valence electrons. The summed E-state index contributed by atoms with van der Waals surface area (Å²) in [5, 5.41) is 0. The van der Waals surface area contributed by atoms with Gasteiger partial charge in [-0.1, -0.05) is 0 Å². The lowest BCUT2D eigenvalue weighted by atomic mass is 10.1. The Morgan fingerprint density at radius 1 is 1.36 bits per heavy atom. The molecule has 1 aromatic rings. The Bertz CT molecular complexity index is 249. The standard InChI is InChI=1S/C11H18N2O/c1-9(2)14-8-11(12)7-10-3-5-13-6-4-10/h3-6,9,11H,7-8,12H2,1-2H3. The molecule has 1 heterocycles. The average Bonchev–Trinajstić information content (AvgIpc) is 2.16. The lowest BCUT2D eigenvalue weighted by Gasteiger charge is -2.14. The van der Waals surface area contributed by atoms with Gasteiger partial charge in [0.15, 0.2) is 0 Å².